The molecule has 0 aliphatic carbocycles. The number of benzene rings is 4. The highest BCUT2D eigenvalue weighted by atomic mass is 16.4. The Balaban J connectivity index is 1.77. The van der Waals surface area contributed by atoms with Crippen LogP contribution in [0.4, 0.5) is 10.5 Å². The van der Waals surface area contributed by atoms with E-state index < -0.39 is 59.2 Å². The Labute approximate surface area is 280 Å². The van der Waals surface area contributed by atoms with Crippen molar-refractivity contribution < 1.29 is 39.0 Å². The Morgan fingerprint density at radius 3 is 2.10 bits per heavy atom. The van der Waals surface area contributed by atoms with Crippen LogP contribution in [0, 0.1) is 11.3 Å². The minimum absolute atomic E-state index is 0.191. The van der Waals surface area contributed by atoms with Gasteiger partial charge in [0.25, 0.3) is 11.6 Å². The van der Waals surface area contributed by atoms with Gasteiger partial charge in [-0.05, 0) is 66.1 Å². The van der Waals surface area contributed by atoms with Crippen LogP contribution in [0.1, 0.15) is 37.0 Å². The minimum atomic E-state index is -3.35. The highest BCUT2D eigenvalue weighted by molar-refractivity contribution is 6.24. The van der Waals surface area contributed by atoms with Crippen LogP contribution in [0.25, 0.3) is 10.8 Å². The van der Waals surface area contributed by atoms with Crippen LogP contribution >= 0.6 is 0 Å². The summed E-state index contributed by atoms with van der Waals surface area (Å²) in [6, 6.07) is 24.4. The maximum Gasteiger partial charge on any atom is 0.360 e. The van der Waals surface area contributed by atoms with Gasteiger partial charge in [0.15, 0.2) is 5.78 Å². The third-order valence-electron chi connectivity index (χ3n) is 8.70. The second kappa shape index (κ2) is 13.0. The van der Waals surface area contributed by atoms with Gasteiger partial charge >= 0.3 is 18.0 Å². The first-order valence-corrected chi connectivity index (χ1v) is 15.0. The fourth-order valence-electron chi connectivity index (χ4n) is 6.16. The molecule has 5 rings (SSSR count). The van der Waals surface area contributed by atoms with Crippen molar-refractivity contribution in [2.24, 2.45) is 5.73 Å². The number of carbonyl (C=O) groups is 6. The van der Waals surface area contributed by atoms with E-state index in [1.165, 1.54) is 55.5 Å². The summed E-state index contributed by atoms with van der Waals surface area (Å²) in [5.41, 5.74) is 1.41. The van der Waals surface area contributed by atoms with Gasteiger partial charge in [-0.15, -0.1) is 0 Å². The topological polar surface area (TPSA) is 202 Å². The molecule has 4 aromatic carbocycles. The molecule has 49 heavy (non-hydrogen) atoms. The average molecular weight is 662 g/mol. The van der Waals surface area contributed by atoms with Gasteiger partial charge in [-0.1, -0.05) is 66.7 Å². The number of ketones is 1. The molecular weight excluding hydrogens is 630 g/mol. The van der Waals surface area contributed by atoms with Crippen molar-refractivity contribution in [2.75, 3.05) is 4.90 Å². The highest BCUT2D eigenvalue weighted by Crippen LogP contribution is 2.44. The predicted octanol–water partition coefficient (Wildman–Crippen LogP) is 3.60. The molecule has 4 amide bonds. The fourth-order valence-corrected chi connectivity index (χ4v) is 6.16. The number of nitrogens with two attached hydrogens (primary N) is 1. The third-order valence-corrected chi connectivity index (χ3v) is 8.70. The SMILES string of the molecule is CC(=O)[C@@](C(=O)O)(N1C(=O)N(Cc2ccc3ccccc3c2)[C@](C)(c2ccc(C#N)cc2)C1=O)N(C(=O)[C@@H](N)CC(=O)O)c1ccccc1. The van der Waals surface area contributed by atoms with Crippen LogP contribution in [0.3, 0.4) is 0 Å². The lowest BCUT2D eigenvalue weighted by atomic mass is 9.88. The third kappa shape index (κ3) is 5.64. The first-order valence-electron chi connectivity index (χ1n) is 15.0. The Kier molecular flexibility index (Phi) is 9.02. The van der Waals surface area contributed by atoms with Gasteiger partial charge in [-0.25, -0.2) is 14.5 Å². The summed E-state index contributed by atoms with van der Waals surface area (Å²) in [6.45, 7) is 1.95. The number of amides is 4. The van der Waals surface area contributed by atoms with Crippen LogP contribution in [0.15, 0.2) is 97.1 Å². The summed E-state index contributed by atoms with van der Waals surface area (Å²) in [4.78, 5) is 84.4. The van der Waals surface area contributed by atoms with E-state index in [-0.39, 0.29) is 28.3 Å². The molecule has 0 bridgehead atoms. The van der Waals surface area contributed by atoms with E-state index in [2.05, 4.69) is 0 Å². The molecule has 0 aromatic heterocycles. The lowest BCUT2D eigenvalue weighted by Gasteiger charge is -2.43. The summed E-state index contributed by atoms with van der Waals surface area (Å²) >= 11 is 0. The molecule has 1 fully saturated rings. The zero-order chi connectivity index (χ0) is 35.7. The first kappa shape index (κ1) is 34.0. The molecule has 1 saturated heterocycles. The number of urea groups is 1. The van der Waals surface area contributed by atoms with E-state index in [9.17, 15) is 44.2 Å². The number of anilines is 1. The predicted molar refractivity (Wildman–Crippen MR) is 175 cm³/mol. The molecule has 1 heterocycles. The molecule has 13 heteroatoms. The van der Waals surface area contributed by atoms with E-state index in [1.54, 1.807) is 18.2 Å². The Hall–Kier alpha value is -6.39. The van der Waals surface area contributed by atoms with Crippen LogP contribution < -0.4 is 10.6 Å². The molecule has 248 valence electrons. The lowest BCUT2D eigenvalue weighted by Crippen LogP contribution is -2.74. The molecule has 1 aliphatic rings. The lowest BCUT2D eigenvalue weighted by molar-refractivity contribution is -0.162. The largest absolute Gasteiger partial charge is 0.481 e. The molecule has 3 atom stereocenters. The van der Waals surface area contributed by atoms with Crippen molar-refractivity contribution in [1.29, 1.82) is 5.26 Å². The molecule has 1 aliphatic heterocycles. The number of imide groups is 1. The Morgan fingerprint density at radius 2 is 1.53 bits per heavy atom. The average Bonchev–Trinajstić information content (AvgIpc) is 3.27. The van der Waals surface area contributed by atoms with E-state index >= 15 is 0 Å². The van der Waals surface area contributed by atoms with Gasteiger partial charge in [0.2, 0.25) is 5.91 Å². The van der Waals surface area contributed by atoms with Crippen LogP contribution in [0.2, 0.25) is 0 Å². The Bertz CT molecular complexity index is 2030. The number of aliphatic carboxylic acids is 2. The van der Waals surface area contributed by atoms with E-state index in [0.717, 1.165) is 22.6 Å². The number of carboxylic acid groups (broad SMARTS) is 2. The maximum absolute atomic E-state index is 14.9. The van der Waals surface area contributed by atoms with E-state index in [4.69, 9.17) is 5.73 Å². The highest BCUT2D eigenvalue weighted by Gasteiger charge is 2.69. The molecule has 0 radical (unpaired) electrons. The van der Waals surface area contributed by atoms with E-state index in [1.807, 2.05) is 36.4 Å². The summed E-state index contributed by atoms with van der Waals surface area (Å²) in [7, 11) is 0. The summed E-state index contributed by atoms with van der Waals surface area (Å²) in [5, 5.41) is 31.5. The smallest absolute Gasteiger partial charge is 0.360 e. The fraction of sp³-hybridized carbons (Fsp3) is 0.194. The normalized spacial score (nSPS) is 17.7. The number of carboxylic acids is 2. The monoisotopic (exact) mass is 661 g/mol. The number of carbonyl (C=O) groups excluding carboxylic acids is 4. The van der Waals surface area contributed by atoms with Crippen molar-refractivity contribution in [2.45, 2.75) is 44.1 Å². The molecule has 0 spiro atoms. The zero-order valence-corrected chi connectivity index (χ0v) is 26.4. The van der Waals surface area contributed by atoms with Crippen molar-refractivity contribution in [3.05, 3.63) is 114 Å². The van der Waals surface area contributed by atoms with Gasteiger partial charge in [0.1, 0.15) is 5.54 Å². The van der Waals surface area contributed by atoms with Crippen LogP contribution in [0.5, 0.6) is 0 Å². The maximum atomic E-state index is 14.9. The number of nitriles is 1. The summed E-state index contributed by atoms with van der Waals surface area (Å²) in [5.74, 6) is -7.35. The van der Waals surface area contributed by atoms with Gasteiger partial charge in [-0.2, -0.15) is 5.26 Å². The van der Waals surface area contributed by atoms with Gasteiger partial charge in [0, 0.05) is 12.2 Å². The summed E-state index contributed by atoms with van der Waals surface area (Å²) in [6.07, 6.45) is -0.950. The number of Topliss-reactive ketones (excluding diaryl/α,β-unsaturated/α-hetero) is 1. The number of nitrogens with zero attached hydrogens (tertiary/aromatic N) is 4. The van der Waals surface area contributed by atoms with Crippen LogP contribution in [-0.2, 0) is 36.1 Å². The number of fused-ring (bicyclic) bond motifs is 1. The molecule has 0 saturated carbocycles. The first-order chi connectivity index (χ1) is 23.3. The molecule has 13 nitrogen and oxygen atoms in total. The van der Waals surface area contributed by atoms with Crippen LogP contribution in [-0.4, -0.2) is 67.3 Å². The minimum Gasteiger partial charge on any atom is -0.481 e. The molecular formula is C36H31N5O8. The number of hydrogen-bond donors (Lipinski definition) is 3. The summed E-state index contributed by atoms with van der Waals surface area (Å²) < 4.78 is 0. The van der Waals surface area contributed by atoms with Crippen molar-refractivity contribution in [3.8, 4) is 6.07 Å². The zero-order valence-electron chi connectivity index (χ0n) is 26.4. The van der Waals surface area contributed by atoms with Crippen molar-refractivity contribution in [1.82, 2.24) is 9.80 Å². The van der Waals surface area contributed by atoms with Gasteiger partial charge in [0.05, 0.1) is 24.1 Å². The number of rotatable bonds is 11. The van der Waals surface area contributed by atoms with E-state index in [0.29, 0.717) is 10.5 Å². The quantitative estimate of drug-likeness (QED) is 0.157. The second-order valence-electron chi connectivity index (χ2n) is 11.7. The number of para-hydroxylation sites is 1. The van der Waals surface area contributed by atoms with Gasteiger partial charge < -0.3 is 20.8 Å². The molecule has 0 unspecified atom stereocenters. The number of hydrogen-bond acceptors (Lipinski definition) is 8. The van der Waals surface area contributed by atoms with Crippen molar-refractivity contribution in [3.63, 3.8) is 0 Å². The van der Waals surface area contributed by atoms with Gasteiger partial charge in [-0.3, -0.25) is 24.1 Å². The molecule has 4 N–H and O–H groups in total. The Morgan fingerprint density at radius 1 is 0.918 bits per heavy atom. The standard InChI is InChI=1S/C36H31N5O8/c1-22(42)36(33(47)48,40(28-10-4-3-5-11-28)31(45)29(38)19-30(43)44)41-32(46)35(2,27-16-13-23(20-37)14-17-27)39(34(41)49)21-24-12-15-25-8-6-7-9-26(25)18-24/h3-18,29H,19,21,38H2,1-2H3,(H,43,44)(H,47,48)/t29-,35+,36-/m0/s1. The van der Waals surface area contributed by atoms with Crippen molar-refractivity contribution >= 4 is 52.0 Å². The second-order valence-corrected chi connectivity index (χ2v) is 11.7. The molecule has 4 aromatic rings.